The van der Waals surface area contributed by atoms with Crippen molar-refractivity contribution >= 4 is 33.4 Å². The Balaban J connectivity index is 2.01. The number of amides is 1. The summed E-state index contributed by atoms with van der Waals surface area (Å²) >= 11 is 9.27. The van der Waals surface area contributed by atoms with Crippen molar-refractivity contribution in [1.29, 1.82) is 0 Å². The van der Waals surface area contributed by atoms with E-state index in [9.17, 15) is 4.79 Å². The molecule has 2 aromatic rings. The average Bonchev–Trinajstić information content (AvgIpc) is 2.88. The van der Waals surface area contributed by atoms with Gasteiger partial charge in [-0.15, -0.1) is 0 Å². The van der Waals surface area contributed by atoms with Crippen LogP contribution in [0.5, 0.6) is 0 Å². The van der Waals surface area contributed by atoms with E-state index in [-0.39, 0.29) is 17.8 Å². The third-order valence-corrected chi connectivity index (χ3v) is 3.55. The SMILES string of the molecule is CO[C@@H](CNC(=O)c1ccc(Br)o1)c1ccccc1Cl. The molecule has 2 rings (SSSR count). The summed E-state index contributed by atoms with van der Waals surface area (Å²) in [6.07, 6.45) is -0.314. The molecular formula is C14H13BrClNO3. The van der Waals surface area contributed by atoms with Crippen molar-refractivity contribution in [2.75, 3.05) is 13.7 Å². The molecule has 0 radical (unpaired) electrons. The Morgan fingerprint density at radius 2 is 2.15 bits per heavy atom. The van der Waals surface area contributed by atoms with Gasteiger partial charge in [-0.3, -0.25) is 4.79 Å². The molecular weight excluding hydrogens is 346 g/mol. The molecule has 0 fully saturated rings. The summed E-state index contributed by atoms with van der Waals surface area (Å²) in [6, 6.07) is 10.6. The molecule has 1 aromatic heterocycles. The maximum absolute atomic E-state index is 11.9. The lowest BCUT2D eigenvalue weighted by Gasteiger charge is -2.17. The first kappa shape index (κ1) is 15.1. The molecule has 0 saturated carbocycles. The van der Waals surface area contributed by atoms with Gasteiger partial charge < -0.3 is 14.5 Å². The van der Waals surface area contributed by atoms with Gasteiger partial charge in [0.1, 0.15) is 6.10 Å². The minimum absolute atomic E-state index is 0.242. The molecule has 20 heavy (non-hydrogen) atoms. The van der Waals surface area contributed by atoms with Crippen molar-refractivity contribution in [2.45, 2.75) is 6.10 Å². The second-order valence-electron chi connectivity index (χ2n) is 4.06. The van der Waals surface area contributed by atoms with Gasteiger partial charge in [-0.25, -0.2) is 0 Å². The van der Waals surface area contributed by atoms with Crippen LogP contribution in [0.2, 0.25) is 5.02 Å². The lowest BCUT2D eigenvalue weighted by molar-refractivity contribution is 0.0806. The van der Waals surface area contributed by atoms with Crippen LogP contribution < -0.4 is 5.32 Å². The average molecular weight is 359 g/mol. The number of halogens is 2. The molecule has 106 valence electrons. The summed E-state index contributed by atoms with van der Waals surface area (Å²) in [5.74, 6) is -0.0595. The van der Waals surface area contributed by atoms with Gasteiger partial charge in [0.15, 0.2) is 10.4 Å². The van der Waals surface area contributed by atoms with E-state index in [1.165, 1.54) is 0 Å². The van der Waals surface area contributed by atoms with Gasteiger partial charge in [0.05, 0.1) is 0 Å². The quantitative estimate of drug-likeness (QED) is 0.884. The molecule has 1 aromatic carbocycles. The predicted molar refractivity (Wildman–Crippen MR) is 79.9 cm³/mol. The first-order chi connectivity index (χ1) is 9.61. The van der Waals surface area contributed by atoms with Gasteiger partial charge >= 0.3 is 0 Å². The number of benzene rings is 1. The number of rotatable bonds is 5. The Labute approximate surface area is 130 Å². The molecule has 1 heterocycles. The van der Waals surface area contributed by atoms with E-state index < -0.39 is 0 Å². The van der Waals surface area contributed by atoms with E-state index in [1.54, 1.807) is 25.3 Å². The lowest BCUT2D eigenvalue weighted by Crippen LogP contribution is -2.29. The molecule has 0 aliphatic rings. The van der Waals surface area contributed by atoms with Crippen molar-refractivity contribution in [1.82, 2.24) is 5.32 Å². The Kier molecular flexibility index (Phi) is 5.23. The number of hydrogen-bond donors (Lipinski definition) is 1. The molecule has 0 aliphatic carbocycles. The van der Waals surface area contributed by atoms with Crippen LogP contribution in [-0.4, -0.2) is 19.6 Å². The number of carbonyl (C=O) groups excluding carboxylic acids is 1. The Bertz CT molecular complexity index is 600. The zero-order valence-corrected chi connectivity index (χ0v) is 13.1. The number of ether oxygens (including phenoxy) is 1. The van der Waals surface area contributed by atoms with E-state index in [2.05, 4.69) is 21.2 Å². The molecule has 0 aliphatic heterocycles. The van der Waals surface area contributed by atoms with E-state index in [0.717, 1.165) is 5.56 Å². The molecule has 1 atom stereocenters. The standard InChI is InChI=1S/C14H13BrClNO3/c1-19-12(9-4-2-3-5-10(9)16)8-17-14(18)11-6-7-13(15)20-11/h2-7,12H,8H2,1H3,(H,17,18)/t12-/m0/s1. The first-order valence-corrected chi connectivity index (χ1v) is 7.09. The summed E-state index contributed by atoms with van der Waals surface area (Å²) in [6.45, 7) is 0.303. The molecule has 1 N–H and O–H groups in total. The van der Waals surface area contributed by atoms with E-state index in [0.29, 0.717) is 16.2 Å². The van der Waals surface area contributed by atoms with Crippen LogP contribution in [0.4, 0.5) is 0 Å². The lowest BCUT2D eigenvalue weighted by atomic mass is 10.1. The van der Waals surface area contributed by atoms with Crippen molar-refractivity contribution in [2.24, 2.45) is 0 Å². The maximum Gasteiger partial charge on any atom is 0.287 e. The van der Waals surface area contributed by atoms with Crippen molar-refractivity contribution in [3.63, 3.8) is 0 Å². The van der Waals surface area contributed by atoms with Gasteiger partial charge in [-0.2, -0.15) is 0 Å². The Morgan fingerprint density at radius 1 is 1.40 bits per heavy atom. The normalized spacial score (nSPS) is 12.2. The van der Waals surface area contributed by atoms with E-state index >= 15 is 0 Å². The highest BCUT2D eigenvalue weighted by atomic mass is 79.9. The van der Waals surface area contributed by atoms with Crippen LogP contribution in [0, 0.1) is 0 Å². The minimum atomic E-state index is -0.314. The molecule has 4 nitrogen and oxygen atoms in total. The molecule has 0 unspecified atom stereocenters. The molecule has 1 amide bonds. The third-order valence-electron chi connectivity index (χ3n) is 2.78. The fourth-order valence-electron chi connectivity index (χ4n) is 1.77. The molecule has 0 saturated heterocycles. The Morgan fingerprint density at radius 3 is 2.75 bits per heavy atom. The highest BCUT2D eigenvalue weighted by Gasteiger charge is 2.16. The molecule has 0 bridgehead atoms. The molecule has 0 spiro atoms. The second kappa shape index (κ2) is 6.92. The largest absolute Gasteiger partial charge is 0.444 e. The second-order valence-corrected chi connectivity index (χ2v) is 5.25. The smallest absolute Gasteiger partial charge is 0.287 e. The van der Waals surface area contributed by atoms with Crippen LogP contribution >= 0.6 is 27.5 Å². The van der Waals surface area contributed by atoms with Crippen LogP contribution in [0.3, 0.4) is 0 Å². The number of hydrogen-bond acceptors (Lipinski definition) is 3. The summed E-state index contributed by atoms with van der Waals surface area (Å²) < 4.78 is 11.1. The van der Waals surface area contributed by atoms with Crippen LogP contribution in [0.25, 0.3) is 0 Å². The highest BCUT2D eigenvalue weighted by molar-refractivity contribution is 9.10. The number of carbonyl (C=O) groups is 1. The summed E-state index contributed by atoms with van der Waals surface area (Å²) in [7, 11) is 1.57. The fourth-order valence-corrected chi connectivity index (χ4v) is 2.33. The highest BCUT2D eigenvalue weighted by Crippen LogP contribution is 2.24. The number of furan rings is 1. The van der Waals surface area contributed by atoms with Gasteiger partial charge in [0, 0.05) is 24.2 Å². The van der Waals surface area contributed by atoms with Crippen LogP contribution in [0.15, 0.2) is 45.5 Å². The predicted octanol–water partition coefficient (Wildman–Crippen LogP) is 3.81. The van der Waals surface area contributed by atoms with Gasteiger partial charge in [-0.05, 0) is 34.1 Å². The third kappa shape index (κ3) is 3.62. The molecule has 6 heteroatoms. The number of methoxy groups -OCH3 is 1. The van der Waals surface area contributed by atoms with Crippen molar-refractivity contribution in [3.8, 4) is 0 Å². The summed E-state index contributed by atoms with van der Waals surface area (Å²) in [5.41, 5.74) is 0.831. The van der Waals surface area contributed by atoms with Gasteiger partial charge in [0.2, 0.25) is 0 Å². The monoisotopic (exact) mass is 357 g/mol. The van der Waals surface area contributed by atoms with Crippen molar-refractivity contribution in [3.05, 3.63) is 57.4 Å². The van der Waals surface area contributed by atoms with Gasteiger partial charge in [-0.1, -0.05) is 29.8 Å². The van der Waals surface area contributed by atoms with Crippen molar-refractivity contribution < 1.29 is 13.9 Å². The maximum atomic E-state index is 11.9. The van der Waals surface area contributed by atoms with Crippen LogP contribution in [0.1, 0.15) is 22.2 Å². The first-order valence-electron chi connectivity index (χ1n) is 5.92. The zero-order chi connectivity index (χ0) is 14.5. The van der Waals surface area contributed by atoms with E-state index in [4.69, 9.17) is 20.8 Å². The van der Waals surface area contributed by atoms with Gasteiger partial charge in [0.25, 0.3) is 5.91 Å². The summed E-state index contributed by atoms with van der Waals surface area (Å²) in [4.78, 5) is 11.9. The summed E-state index contributed by atoms with van der Waals surface area (Å²) in [5, 5.41) is 3.36. The minimum Gasteiger partial charge on any atom is -0.444 e. The van der Waals surface area contributed by atoms with Crippen LogP contribution in [-0.2, 0) is 4.74 Å². The van der Waals surface area contributed by atoms with E-state index in [1.807, 2.05) is 18.2 Å². The number of nitrogens with one attached hydrogen (secondary N) is 1. The Hall–Kier alpha value is -1.30. The fraction of sp³-hybridized carbons (Fsp3) is 0.214. The zero-order valence-electron chi connectivity index (χ0n) is 10.7. The topological polar surface area (TPSA) is 51.5 Å².